The molecule has 1 atom stereocenters. The normalized spacial score (nSPS) is 15.2. The molecule has 1 aromatic heterocycles. The van der Waals surface area contributed by atoms with Crippen LogP contribution < -0.4 is 15.6 Å². The zero-order valence-corrected chi connectivity index (χ0v) is 18.0. The fourth-order valence-electron chi connectivity index (χ4n) is 3.64. The highest BCUT2D eigenvalue weighted by Gasteiger charge is 2.33. The van der Waals surface area contributed by atoms with Gasteiger partial charge in [0.25, 0.3) is 11.5 Å². The van der Waals surface area contributed by atoms with E-state index in [0.717, 1.165) is 12.1 Å². The SMILES string of the molecule is O=C(O)CNC(=O)c1c(O)c2cc(Br)cc3c2n(c1=O)CC(c1ccc(C(F)(F)F)cc1)O3. The van der Waals surface area contributed by atoms with E-state index in [1.165, 1.54) is 28.8 Å². The van der Waals surface area contributed by atoms with Crippen molar-refractivity contribution in [3.63, 3.8) is 0 Å². The van der Waals surface area contributed by atoms with Gasteiger partial charge in [0, 0.05) is 9.86 Å². The molecule has 8 nitrogen and oxygen atoms in total. The van der Waals surface area contributed by atoms with Gasteiger partial charge >= 0.3 is 12.1 Å². The second kappa shape index (κ2) is 8.10. The van der Waals surface area contributed by atoms with Gasteiger partial charge < -0.3 is 20.3 Å². The molecule has 0 saturated carbocycles. The molecule has 0 aliphatic carbocycles. The molecular weight excluding hydrogens is 513 g/mol. The summed E-state index contributed by atoms with van der Waals surface area (Å²) in [7, 11) is 0. The Morgan fingerprint density at radius 1 is 1.21 bits per heavy atom. The number of hydrogen-bond donors (Lipinski definition) is 3. The summed E-state index contributed by atoms with van der Waals surface area (Å²) in [6.45, 7) is -0.925. The zero-order valence-electron chi connectivity index (χ0n) is 16.4. The lowest BCUT2D eigenvalue weighted by molar-refractivity contribution is -0.138. The van der Waals surface area contributed by atoms with E-state index in [2.05, 4.69) is 15.9 Å². The van der Waals surface area contributed by atoms with Gasteiger partial charge in [0.05, 0.1) is 17.6 Å². The summed E-state index contributed by atoms with van der Waals surface area (Å²) < 4.78 is 46.2. The third kappa shape index (κ3) is 4.13. The van der Waals surface area contributed by atoms with Crippen LogP contribution in [0.4, 0.5) is 13.2 Å². The third-order valence-electron chi connectivity index (χ3n) is 5.12. The molecule has 2 heterocycles. The highest BCUT2D eigenvalue weighted by Crippen LogP contribution is 2.41. The second-order valence-corrected chi connectivity index (χ2v) is 8.16. The third-order valence-corrected chi connectivity index (χ3v) is 5.57. The molecule has 4 rings (SSSR count). The maximum absolute atomic E-state index is 13.1. The largest absolute Gasteiger partial charge is 0.506 e. The first-order chi connectivity index (χ1) is 15.5. The monoisotopic (exact) mass is 526 g/mol. The summed E-state index contributed by atoms with van der Waals surface area (Å²) in [6.07, 6.45) is -5.38. The van der Waals surface area contributed by atoms with Crippen LogP contribution in [0.15, 0.2) is 45.7 Å². The summed E-state index contributed by atoms with van der Waals surface area (Å²) in [4.78, 5) is 36.4. The van der Waals surface area contributed by atoms with Gasteiger partial charge in [-0.2, -0.15) is 13.2 Å². The van der Waals surface area contributed by atoms with Crippen molar-refractivity contribution in [1.82, 2.24) is 9.88 Å². The number of carbonyl (C=O) groups is 2. The number of rotatable bonds is 4. The minimum atomic E-state index is -4.51. The Balaban J connectivity index is 1.83. The van der Waals surface area contributed by atoms with E-state index in [-0.39, 0.29) is 23.2 Å². The number of benzene rings is 2. The van der Waals surface area contributed by atoms with Crippen molar-refractivity contribution in [2.24, 2.45) is 0 Å². The standard InChI is InChI=1S/C21H14BrF3N2O6/c22-11-5-12-17-13(6-11)33-14(9-1-3-10(4-2-9)21(23,24)25)8-27(17)20(32)16(18(12)30)19(31)26-7-15(28)29/h1-6,14,30H,7-8H2,(H,26,31)(H,28,29). The molecule has 0 spiro atoms. The molecule has 0 fully saturated rings. The molecule has 2 aromatic carbocycles. The number of carboxylic acids is 1. The first kappa shape index (κ1) is 22.6. The Labute approximate surface area is 191 Å². The number of pyridine rings is 1. The summed E-state index contributed by atoms with van der Waals surface area (Å²) in [6, 6.07) is 7.25. The van der Waals surface area contributed by atoms with Crippen LogP contribution in [0.2, 0.25) is 0 Å². The average Bonchev–Trinajstić information content (AvgIpc) is 2.74. The van der Waals surface area contributed by atoms with Gasteiger partial charge in [-0.15, -0.1) is 0 Å². The molecule has 0 bridgehead atoms. The number of nitrogens with zero attached hydrogens (tertiary/aromatic N) is 1. The predicted molar refractivity (Wildman–Crippen MR) is 112 cm³/mol. The Bertz CT molecular complexity index is 1350. The number of amides is 1. The van der Waals surface area contributed by atoms with Crippen molar-refractivity contribution in [3.8, 4) is 11.5 Å². The Morgan fingerprint density at radius 2 is 1.88 bits per heavy atom. The molecule has 3 aromatic rings. The highest BCUT2D eigenvalue weighted by atomic mass is 79.9. The van der Waals surface area contributed by atoms with E-state index >= 15 is 0 Å². The maximum Gasteiger partial charge on any atom is 0.416 e. The van der Waals surface area contributed by atoms with E-state index in [0.29, 0.717) is 10.0 Å². The molecule has 1 unspecified atom stereocenters. The minimum absolute atomic E-state index is 0.102. The number of halogens is 4. The zero-order chi connectivity index (χ0) is 24.1. The molecule has 33 heavy (non-hydrogen) atoms. The Hall–Kier alpha value is -3.54. The van der Waals surface area contributed by atoms with Crippen molar-refractivity contribution >= 4 is 38.7 Å². The smallest absolute Gasteiger partial charge is 0.416 e. The number of nitrogens with one attached hydrogen (secondary N) is 1. The summed E-state index contributed by atoms with van der Waals surface area (Å²) in [5, 5.41) is 21.6. The number of alkyl halides is 3. The lowest BCUT2D eigenvalue weighted by Crippen LogP contribution is -2.38. The molecule has 0 radical (unpaired) electrons. The lowest BCUT2D eigenvalue weighted by atomic mass is 10.0. The first-order valence-corrected chi connectivity index (χ1v) is 10.2. The fourth-order valence-corrected chi connectivity index (χ4v) is 4.07. The van der Waals surface area contributed by atoms with Crippen LogP contribution in [-0.2, 0) is 17.5 Å². The van der Waals surface area contributed by atoms with Crippen molar-refractivity contribution in [3.05, 3.63) is 67.9 Å². The predicted octanol–water partition coefficient (Wildman–Crippen LogP) is 3.44. The maximum atomic E-state index is 13.1. The molecular formula is C21H14BrF3N2O6. The lowest BCUT2D eigenvalue weighted by Gasteiger charge is -2.29. The van der Waals surface area contributed by atoms with Crippen LogP contribution >= 0.6 is 15.9 Å². The Kier molecular flexibility index (Phi) is 5.56. The van der Waals surface area contributed by atoms with Crippen LogP contribution in [0.1, 0.15) is 27.6 Å². The summed E-state index contributed by atoms with van der Waals surface area (Å²) in [5.41, 5.74) is -1.84. The van der Waals surface area contributed by atoms with Gasteiger partial charge in [0.2, 0.25) is 0 Å². The molecule has 1 aliphatic heterocycles. The highest BCUT2D eigenvalue weighted by molar-refractivity contribution is 9.10. The number of ether oxygens (including phenoxy) is 1. The van der Waals surface area contributed by atoms with Crippen LogP contribution in [0.3, 0.4) is 0 Å². The van der Waals surface area contributed by atoms with Gasteiger partial charge in [0.1, 0.15) is 29.7 Å². The van der Waals surface area contributed by atoms with Gasteiger partial charge in [-0.3, -0.25) is 19.0 Å². The number of aromatic nitrogens is 1. The fraction of sp³-hybridized carbons (Fsp3) is 0.190. The van der Waals surface area contributed by atoms with E-state index in [9.17, 15) is 32.7 Å². The van der Waals surface area contributed by atoms with Crippen LogP contribution in [0, 0.1) is 0 Å². The van der Waals surface area contributed by atoms with E-state index < -0.39 is 53.1 Å². The van der Waals surface area contributed by atoms with Crippen LogP contribution in [0.25, 0.3) is 10.9 Å². The van der Waals surface area contributed by atoms with Crippen molar-refractivity contribution in [1.29, 1.82) is 0 Å². The van der Waals surface area contributed by atoms with Gasteiger partial charge in [-0.25, -0.2) is 0 Å². The summed E-state index contributed by atoms with van der Waals surface area (Å²) >= 11 is 3.26. The van der Waals surface area contributed by atoms with E-state index in [1.807, 2.05) is 5.32 Å². The van der Waals surface area contributed by atoms with Gasteiger partial charge in [0.15, 0.2) is 0 Å². The number of aliphatic carboxylic acids is 1. The molecule has 172 valence electrons. The van der Waals surface area contributed by atoms with E-state index in [1.54, 1.807) is 0 Å². The van der Waals surface area contributed by atoms with E-state index in [4.69, 9.17) is 9.84 Å². The second-order valence-electron chi connectivity index (χ2n) is 7.24. The molecule has 1 amide bonds. The van der Waals surface area contributed by atoms with Crippen molar-refractivity contribution in [2.45, 2.75) is 18.8 Å². The Morgan fingerprint density at radius 3 is 2.48 bits per heavy atom. The van der Waals surface area contributed by atoms with Gasteiger partial charge in [-0.1, -0.05) is 28.1 Å². The first-order valence-electron chi connectivity index (χ1n) is 9.40. The summed E-state index contributed by atoms with van der Waals surface area (Å²) in [5.74, 6) is -2.90. The molecule has 12 heteroatoms. The quantitative estimate of drug-likeness (QED) is 0.479. The number of aromatic hydroxyl groups is 1. The average molecular weight is 527 g/mol. The van der Waals surface area contributed by atoms with Crippen LogP contribution in [-0.4, -0.2) is 33.2 Å². The minimum Gasteiger partial charge on any atom is -0.506 e. The topological polar surface area (TPSA) is 118 Å². The molecule has 0 saturated heterocycles. The van der Waals surface area contributed by atoms with Crippen molar-refractivity contribution < 1.29 is 37.7 Å². The molecule has 3 N–H and O–H groups in total. The van der Waals surface area contributed by atoms with Gasteiger partial charge in [-0.05, 0) is 29.8 Å². The number of hydrogen-bond acceptors (Lipinski definition) is 5. The van der Waals surface area contributed by atoms with Crippen LogP contribution in [0.5, 0.6) is 11.5 Å². The molecule has 1 aliphatic rings. The number of carboxylic acid groups (broad SMARTS) is 1. The van der Waals surface area contributed by atoms with Crippen molar-refractivity contribution in [2.75, 3.05) is 6.54 Å². The number of carbonyl (C=O) groups excluding carboxylic acids is 1.